The normalized spacial score (nSPS) is 15.3. The van der Waals surface area contributed by atoms with Gasteiger partial charge in [-0.2, -0.15) is 0 Å². The molecule has 0 aromatic rings. The summed E-state index contributed by atoms with van der Waals surface area (Å²) < 4.78 is 0. The quantitative estimate of drug-likeness (QED) is 0.544. The van der Waals surface area contributed by atoms with Crippen molar-refractivity contribution in [2.75, 3.05) is 19.6 Å². The van der Waals surface area contributed by atoms with Crippen molar-refractivity contribution in [1.82, 2.24) is 4.90 Å². The lowest BCUT2D eigenvalue weighted by molar-refractivity contribution is -0.112. The van der Waals surface area contributed by atoms with Crippen molar-refractivity contribution >= 4 is 6.29 Å². The average molecular weight is 215 g/mol. The summed E-state index contributed by atoms with van der Waals surface area (Å²) in [7, 11) is 0. The van der Waals surface area contributed by atoms with Gasteiger partial charge < -0.3 is 16.3 Å². The third kappa shape index (κ3) is 5.87. The fraction of sp³-hybridized carbons (Fsp3) is 0.909. The van der Waals surface area contributed by atoms with Crippen LogP contribution < -0.4 is 11.5 Å². The van der Waals surface area contributed by atoms with E-state index in [0.717, 1.165) is 38.6 Å². The predicted molar refractivity (Wildman–Crippen MR) is 63.7 cm³/mol. The van der Waals surface area contributed by atoms with Gasteiger partial charge in [-0.1, -0.05) is 13.8 Å². The van der Waals surface area contributed by atoms with Crippen LogP contribution in [0.1, 0.15) is 33.1 Å². The summed E-state index contributed by atoms with van der Waals surface area (Å²) in [6.07, 6.45) is 3.69. The Hall–Kier alpha value is -0.450. The van der Waals surface area contributed by atoms with Crippen LogP contribution in [0.4, 0.5) is 0 Å². The minimum absolute atomic E-state index is 0.0175. The van der Waals surface area contributed by atoms with Crippen molar-refractivity contribution in [1.29, 1.82) is 0 Å². The predicted octanol–water partition coefficient (Wildman–Crippen LogP) is 0.352. The molecule has 0 rings (SSSR count). The van der Waals surface area contributed by atoms with Gasteiger partial charge in [0.25, 0.3) is 0 Å². The Morgan fingerprint density at radius 2 is 2.07 bits per heavy atom. The lowest BCUT2D eigenvalue weighted by atomic mass is 10.1. The lowest BCUT2D eigenvalue weighted by Crippen LogP contribution is -2.44. The zero-order chi connectivity index (χ0) is 11.7. The number of aldehydes is 1. The molecule has 0 radical (unpaired) electrons. The maximum Gasteiger partial charge on any atom is 0.137 e. The molecule has 90 valence electrons. The molecule has 4 heteroatoms. The fourth-order valence-electron chi connectivity index (χ4n) is 1.59. The maximum atomic E-state index is 11.0. The smallest absolute Gasteiger partial charge is 0.137 e. The monoisotopic (exact) mass is 215 g/mol. The molecule has 0 aromatic heterocycles. The standard InChI is InChI=1S/C11H25N3O/c1-3-10(13)8-14(4-2)11(9-15)6-5-7-12/h9-11H,3-8,12-13H2,1-2H3. The van der Waals surface area contributed by atoms with Crippen LogP contribution in [0.5, 0.6) is 0 Å². The van der Waals surface area contributed by atoms with Crippen molar-refractivity contribution in [2.45, 2.75) is 45.2 Å². The van der Waals surface area contributed by atoms with Gasteiger partial charge in [-0.15, -0.1) is 0 Å². The molecular weight excluding hydrogens is 190 g/mol. The highest BCUT2D eigenvalue weighted by atomic mass is 16.1. The van der Waals surface area contributed by atoms with Crippen molar-refractivity contribution in [3.63, 3.8) is 0 Å². The van der Waals surface area contributed by atoms with Crippen LogP contribution in [0.25, 0.3) is 0 Å². The highest BCUT2D eigenvalue weighted by molar-refractivity contribution is 5.57. The Morgan fingerprint density at radius 1 is 1.40 bits per heavy atom. The second-order valence-corrected chi connectivity index (χ2v) is 3.89. The minimum atomic E-state index is -0.0175. The Morgan fingerprint density at radius 3 is 2.47 bits per heavy atom. The minimum Gasteiger partial charge on any atom is -0.330 e. The fourth-order valence-corrected chi connectivity index (χ4v) is 1.59. The van der Waals surface area contributed by atoms with Gasteiger partial charge in [-0.25, -0.2) is 0 Å². The number of rotatable bonds is 9. The topological polar surface area (TPSA) is 72.3 Å². The molecule has 0 heterocycles. The summed E-state index contributed by atoms with van der Waals surface area (Å²) in [5.74, 6) is 0. The Labute approximate surface area is 93.0 Å². The van der Waals surface area contributed by atoms with Gasteiger partial charge in [-0.3, -0.25) is 4.90 Å². The van der Waals surface area contributed by atoms with Crippen molar-refractivity contribution in [2.24, 2.45) is 11.5 Å². The van der Waals surface area contributed by atoms with Crippen LogP contribution in [-0.2, 0) is 4.79 Å². The Balaban J connectivity index is 4.13. The number of nitrogens with two attached hydrogens (primary N) is 2. The van der Waals surface area contributed by atoms with Gasteiger partial charge in [0.1, 0.15) is 6.29 Å². The summed E-state index contributed by atoms with van der Waals surface area (Å²) in [5.41, 5.74) is 11.3. The van der Waals surface area contributed by atoms with E-state index in [1.54, 1.807) is 0 Å². The van der Waals surface area contributed by atoms with E-state index in [-0.39, 0.29) is 12.1 Å². The van der Waals surface area contributed by atoms with Crippen LogP contribution in [0.2, 0.25) is 0 Å². The molecule has 0 saturated carbocycles. The van der Waals surface area contributed by atoms with E-state index in [2.05, 4.69) is 18.7 Å². The molecule has 0 amide bonds. The van der Waals surface area contributed by atoms with Gasteiger partial charge in [0.2, 0.25) is 0 Å². The van der Waals surface area contributed by atoms with E-state index >= 15 is 0 Å². The molecule has 0 spiro atoms. The van der Waals surface area contributed by atoms with Crippen LogP contribution in [0.3, 0.4) is 0 Å². The SMILES string of the molecule is CCC(N)CN(CC)C(C=O)CCCN. The molecule has 15 heavy (non-hydrogen) atoms. The summed E-state index contributed by atoms with van der Waals surface area (Å²) >= 11 is 0. The molecule has 0 aliphatic rings. The zero-order valence-corrected chi connectivity index (χ0v) is 9.98. The van der Waals surface area contributed by atoms with E-state index < -0.39 is 0 Å². The van der Waals surface area contributed by atoms with Gasteiger partial charge in [0.05, 0.1) is 6.04 Å². The maximum absolute atomic E-state index is 11.0. The highest BCUT2D eigenvalue weighted by Gasteiger charge is 2.17. The number of hydrogen-bond acceptors (Lipinski definition) is 4. The van der Waals surface area contributed by atoms with E-state index in [0.29, 0.717) is 6.54 Å². The molecule has 4 N–H and O–H groups in total. The van der Waals surface area contributed by atoms with Crippen LogP contribution >= 0.6 is 0 Å². The first kappa shape index (κ1) is 14.6. The van der Waals surface area contributed by atoms with E-state index in [1.807, 2.05) is 0 Å². The van der Waals surface area contributed by atoms with Crippen molar-refractivity contribution in [3.8, 4) is 0 Å². The zero-order valence-electron chi connectivity index (χ0n) is 9.98. The first-order valence-electron chi connectivity index (χ1n) is 5.84. The molecule has 2 atom stereocenters. The number of hydrogen-bond donors (Lipinski definition) is 2. The number of carbonyl (C=O) groups excluding carboxylic acids is 1. The third-order valence-electron chi connectivity index (χ3n) is 2.73. The Bertz CT molecular complexity index is 164. The highest BCUT2D eigenvalue weighted by Crippen LogP contribution is 2.05. The largest absolute Gasteiger partial charge is 0.330 e. The van der Waals surface area contributed by atoms with Gasteiger partial charge >= 0.3 is 0 Å². The van der Waals surface area contributed by atoms with Crippen LogP contribution in [-0.4, -0.2) is 42.9 Å². The van der Waals surface area contributed by atoms with Crippen LogP contribution in [0, 0.1) is 0 Å². The number of nitrogens with zero attached hydrogens (tertiary/aromatic N) is 1. The first-order chi connectivity index (χ1) is 7.19. The summed E-state index contributed by atoms with van der Waals surface area (Å²) in [5, 5.41) is 0. The molecule has 0 saturated heterocycles. The summed E-state index contributed by atoms with van der Waals surface area (Å²) in [6.45, 7) is 6.42. The third-order valence-corrected chi connectivity index (χ3v) is 2.73. The molecule has 0 aromatic carbocycles. The molecule has 0 fully saturated rings. The van der Waals surface area contributed by atoms with Gasteiger partial charge in [0.15, 0.2) is 0 Å². The van der Waals surface area contributed by atoms with E-state index in [4.69, 9.17) is 11.5 Å². The molecule has 4 nitrogen and oxygen atoms in total. The van der Waals surface area contributed by atoms with Gasteiger partial charge in [-0.05, 0) is 32.4 Å². The average Bonchev–Trinajstić information content (AvgIpc) is 2.27. The molecule has 0 aliphatic heterocycles. The van der Waals surface area contributed by atoms with Gasteiger partial charge in [0, 0.05) is 12.6 Å². The van der Waals surface area contributed by atoms with Crippen LogP contribution in [0.15, 0.2) is 0 Å². The van der Waals surface area contributed by atoms with Crippen molar-refractivity contribution in [3.05, 3.63) is 0 Å². The second-order valence-electron chi connectivity index (χ2n) is 3.89. The first-order valence-corrected chi connectivity index (χ1v) is 5.84. The summed E-state index contributed by atoms with van der Waals surface area (Å²) in [6, 6.07) is 0.140. The molecule has 0 aliphatic carbocycles. The van der Waals surface area contributed by atoms with E-state index in [9.17, 15) is 4.79 Å². The second kappa shape index (κ2) is 8.83. The van der Waals surface area contributed by atoms with Crippen molar-refractivity contribution < 1.29 is 4.79 Å². The molecule has 0 bridgehead atoms. The number of likely N-dealkylation sites (N-methyl/N-ethyl adjacent to an activating group) is 1. The number of carbonyl (C=O) groups is 1. The molecular formula is C11H25N3O. The Kier molecular flexibility index (Phi) is 8.56. The lowest BCUT2D eigenvalue weighted by Gasteiger charge is -2.28. The molecule has 2 unspecified atom stereocenters. The van der Waals surface area contributed by atoms with E-state index in [1.165, 1.54) is 0 Å². The summed E-state index contributed by atoms with van der Waals surface area (Å²) in [4.78, 5) is 13.1.